The Balaban J connectivity index is 1.63. The average molecular weight is 380 g/mol. The summed E-state index contributed by atoms with van der Waals surface area (Å²) in [6.45, 7) is 3.50. The lowest BCUT2D eigenvalue weighted by atomic mass is 10.0. The Hall–Kier alpha value is -2.13. The van der Waals surface area contributed by atoms with Crippen LogP contribution in [-0.2, 0) is 22.7 Å². The summed E-state index contributed by atoms with van der Waals surface area (Å²) in [6.07, 6.45) is 7.75. The molecule has 2 aromatic rings. The number of carbonyl (C=O) groups excluding carboxylic acids is 1. The van der Waals surface area contributed by atoms with E-state index in [-0.39, 0.29) is 18.1 Å². The molecule has 3 heteroatoms. The minimum atomic E-state index is -0.0115. The van der Waals surface area contributed by atoms with Crippen molar-refractivity contribution >= 4 is 5.91 Å². The SMILES string of the molecule is CCCCCCC[C@@H]1[C@H](OCc2ccccc2)CC(=O)N1Cc1ccccc1. The maximum atomic E-state index is 12.8. The molecule has 1 aliphatic rings. The smallest absolute Gasteiger partial charge is 0.225 e. The Morgan fingerprint density at radius 3 is 2.21 bits per heavy atom. The predicted molar refractivity (Wildman–Crippen MR) is 114 cm³/mol. The van der Waals surface area contributed by atoms with E-state index < -0.39 is 0 Å². The van der Waals surface area contributed by atoms with Crippen LogP contribution in [0, 0.1) is 0 Å². The molecule has 150 valence electrons. The zero-order valence-electron chi connectivity index (χ0n) is 17.1. The van der Waals surface area contributed by atoms with Crippen molar-refractivity contribution in [2.24, 2.45) is 0 Å². The van der Waals surface area contributed by atoms with E-state index in [0.29, 0.717) is 19.6 Å². The Kier molecular flexibility index (Phi) is 8.10. The number of carbonyl (C=O) groups is 1. The van der Waals surface area contributed by atoms with Gasteiger partial charge in [0.25, 0.3) is 0 Å². The minimum absolute atomic E-state index is 0.0115. The number of rotatable bonds is 11. The first kappa shape index (κ1) is 20.6. The van der Waals surface area contributed by atoms with Gasteiger partial charge < -0.3 is 9.64 Å². The highest BCUT2D eigenvalue weighted by molar-refractivity contribution is 5.79. The number of nitrogens with zero attached hydrogens (tertiary/aromatic N) is 1. The van der Waals surface area contributed by atoms with Gasteiger partial charge in [0.15, 0.2) is 0 Å². The summed E-state index contributed by atoms with van der Waals surface area (Å²) in [4.78, 5) is 14.9. The van der Waals surface area contributed by atoms with Crippen LogP contribution in [0.5, 0.6) is 0 Å². The van der Waals surface area contributed by atoms with Crippen molar-refractivity contribution in [3.05, 3.63) is 71.8 Å². The van der Waals surface area contributed by atoms with E-state index in [4.69, 9.17) is 4.74 Å². The van der Waals surface area contributed by atoms with Crippen LogP contribution in [0.15, 0.2) is 60.7 Å². The number of unbranched alkanes of at least 4 members (excludes halogenated alkanes) is 4. The monoisotopic (exact) mass is 379 g/mol. The Morgan fingerprint density at radius 1 is 0.893 bits per heavy atom. The molecule has 28 heavy (non-hydrogen) atoms. The second-order valence-corrected chi connectivity index (χ2v) is 7.82. The van der Waals surface area contributed by atoms with Gasteiger partial charge in [-0.25, -0.2) is 0 Å². The van der Waals surface area contributed by atoms with E-state index in [0.717, 1.165) is 18.4 Å². The quantitative estimate of drug-likeness (QED) is 0.466. The summed E-state index contributed by atoms with van der Waals surface area (Å²) in [6, 6.07) is 20.7. The van der Waals surface area contributed by atoms with Crippen molar-refractivity contribution in [3.8, 4) is 0 Å². The summed E-state index contributed by atoms with van der Waals surface area (Å²) in [5, 5.41) is 0. The van der Waals surface area contributed by atoms with Crippen molar-refractivity contribution in [2.75, 3.05) is 0 Å². The Morgan fingerprint density at radius 2 is 1.54 bits per heavy atom. The summed E-state index contributed by atoms with van der Waals surface area (Å²) in [5.41, 5.74) is 2.36. The van der Waals surface area contributed by atoms with Crippen LogP contribution in [0.4, 0.5) is 0 Å². The van der Waals surface area contributed by atoms with Crippen LogP contribution in [0.3, 0.4) is 0 Å². The summed E-state index contributed by atoms with van der Waals surface area (Å²) >= 11 is 0. The lowest BCUT2D eigenvalue weighted by molar-refractivity contribution is -0.129. The van der Waals surface area contributed by atoms with Crippen LogP contribution in [0.1, 0.15) is 63.0 Å². The van der Waals surface area contributed by atoms with Gasteiger partial charge in [-0.2, -0.15) is 0 Å². The molecule has 0 spiro atoms. The molecule has 0 aromatic heterocycles. The van der Waals surface area contributed by atoms with Gasteiger partial charge in [0.2, 0.25) is 5.91 Å². The molecule has 0 aliphatic carbocycles. The molecule has 0 radical (unpaired) electrons. The van der Waals surface area contributed by atoms with Crippen molar-refractivity contribution in [1.29, 1.82) is 0 Å². The molecule has 3 rings (SSSR count). The Labute approximate surface area is 169 Å². The van der Waals surface area contributed by atoms with E-state index >= 15 is 0 Å². The number of benzene rings is 2. The first-order valence-electron chi connectivity index (χ1n) is 10.8. The zero-order chi connectivity index (χ0) is 19.6. The third-order valence-electron chi connectivity index (χ3n) is 5.63. The predicted octanol–water partition coefficient (Wildman–Crippen LogP) is 5.73. The molecule has 2 aromatic carbocycles. The van der Waals surface area contributed by atoms with Crippen molar-refractivity contribution < 1.29 is 9.53 Å². The van der Waals surface area contributed by atoms with E-state index in [1.165, 1.54) is 31.2 Å². The minimum Gasteiger partial charge on any atom is -0.371 e. The topological polar surface area (TPSA) is 29.5 Å². The Bertz CT molecular complexity index is 701. The highest BCUT2D eigenvalue weighted by Crippen LogP contribution is 2.29. The number of ether oxygens (including phenoxy) is 1. The van der Waals surface area contributed by atoms with E-state index in [9.17, 15) is 4.79 Å². The summed E-state index contributed by atoms with van der Waals surface area (Å²) < 4.78 is 6.26. The molecule has 0 N–H and O–H groups in total. The van der Waals surface area contributed by atoms with E-state index in [1.807, 2.05) is 36.4 Å². The van der Waals surface area contributed by atoms with Crippen LogP contribution in [0.25, 0.3) is 0 Å². The van der Waals surface area contributed by atoms with Gasteiger partial charge in [-0.15, -0.1) is 0 Å². The van der Waals surface area contributed by atoms with Crippen LogP contribution in [0.2, 0.25) is 0 Å². The summed E-state index contributed by atoms with van der Waals surface area (Å²) in [5.74, 6) is 0.223. The maximum absolute atomic E-state index is 12.8. The summed E-state index contributed by atoms with van der Waals surface area (Å²) in [7, 11) is 0. The van der Waals surface area contributed by atoms with E-state index in [1.54, 1.807) is 0 Å². The molecular formula is C25H33NO2. The molecule has 2 atom stereocenters. The van der Waals surface area contributed by atoms with Gasteiger partial charge in [-0.3, -0.25) is 4.79 Å². The second kappa shape index (κ2) is 11.0. The maximum Gasteiger partial charge on any atom is 0.225 e. The fourth-order valence-electron chi connectivity index (χ4n) is 4.04. The van der Waals surface area contributed by atoms with Crippen LogP contribution >= 0.6 is 0 Å². The first-order valence-corrected chi connectivity index (χ1v) is 10.8. The third kappa shape index (κ3) is 5.93. The van der Waals surface area contributed by atoms with Gasteiger partial charge in [-0.05, 0) is 17.5 Å². The molecule has 3 nitrogen and oxygen atoms in total. The van der Waals surface area contributed by atoms with Crippen LogP contribution < -0.4 is 0 Å². The molecule has 0 unspecified atom stereocenters. The average Bonchev–Trinajstić information content (AvgIpc) is 3.02. The van der Waals surface area contributed by atoms with Crippen molar-refractivity contribution in [1.82, 2.24) is 4.90 Å². The molecule has 0 bridgehead atoms. The van der Waals surface area contributed by atoms with Gasteiger partial charge in [0.1, 0.15) is 0 Å². The number of likely N-dealkylation sites (tertiary alicyclic amines) is 1. The fourth-order valence-corrected chi connectivity index (χ4v) is 4.04. The normalized spacial score (nSPS) is 19.3. The molecule has 1 amide bonds. The molecule has 0 saturated carbocycles. The molecule has 1 saturated heterocycles. The lowest BCUT2D eigenvalue weighted by Gasteiger charge is -2.28. The molecule has 1 fully saturated rings. The van der Waals surface area contributed by atoms with Gasteiger partial charge >= 0.3 is 0 Å². The fraction of sp³-hybridized carbons (Fsp3) is 0.480. The standard InChI is InChI=1S/C25H33NO2/c1-2-3-4-5-12-17-23-24(28-20-22-15-10-7-11-16-22)18-25(27)26(23)19-21-13-8-6-9-14-21/h6-11,13-16,23-24H,2-5,12,17-20H2,1H3/t23-,24-/m1/s1. The zero-order valence-corrected chi connectivity index (χ0v) is 17.1. The second-order valence-electron chi connectivity index (χ2n) is 7.82. The van der Waals surface area contributed by atoms with Gasteiger partial charge in [0.05, 0.1) is 25.2 Å². The number of hydrogen-bond acceptors (Lipinski definition) is 2. The first-order chi connectivity index (χ1) is 13.8. The van der Waals surface area contributed by atoms with Gasteiger partial charge in [-0.1, -0.05) is 99.7 Å². The lowest BCUT2D eigenvalue weighted by Crippen LogP contribution is -2.37. The highest BCUT2D eigenvalue weighted by Gasteiger charge is 2.39. The third-order valence-corrected chi connectivity index (χ3v) is 5.63. The molecule has 1 aliphatic heterocycles. The van der Waals surface area contributed by atoms with Crippen molar-refractivity contribution in [2.45, 2.75) is 77.2 Å². The number of hydrogen-bond donors (Lipinski definition) is 0. The van der Waals surface area contributed by atoms with Crippen molar-refractivity contribution in [3.63, 3.8) is 0 Å². The van der Waals surface area contributed by atoms with E-state index in [2.05, 4.69) is 36.1 Å². The van der Waals surface area contributed by atoms with Gasteiger partial charge in [0, 0.05) is 6.54 Å². The highest BCUT2D eigenvalue weighted by atomic mass is 16.5. The molecule has 1 heterocycles. The molecular weight excluding hydrogens is 346 g/mol. The number of amides is 1. The van der Waals surface area contributed by atoms with Crippen LogP contribution in [-0.4, -0.2) is 23.0 Å². The largest absolute Gasteiger partial charge is 0.371 e.